The van der Waals surface area contributed by atoms with Gasteiger partial charge in [0.1, 0.15) is 33.5 Å². The van der Waals surface area contributed by atoms with Crippen molar-refractivity contribution in [3.63, 3.8) is 0 Å². The normalized spacial score (nSPS) is 14.4. The first-order chi connectivity index (χ1) is 62.9. The van der Waals surface area contributed by atoms with Crippen LogP contribution in [0.1, 0.15) is 77.8 Å². The minimum absolute atomic E-state index is 0.172. The number of rotatable bonds is 13. The molecular weight excluding hydrogens is 1570 g/mol. The van der Waals surface area contributed by atoms with Crippen LogP contribution in [0.5, 0.6) is 0 Å². The quantitative estimate of drug-likeness (QED) is 0.115. The Morgan fingerprint density at radius 1 is 0.227 bits per heavy atom. The molecule has 26 rings (SSSR count). The molecule has 0 spiro atoms. The second-order valence-corrected chi connectivity index (χ2v) is 37.1. The molecule has 5 nitrogen and oxygen atoms in total. The summed E-state index contributed by atoms with van der Waals surface area (Å²) in [6.45, 7) is 11.6. The molecule has 4 heterocycles. The van der Waals surface area contributed by atoms with Gasteiger partial charge in [-0.3, -0.25) is 0 Å². The Labute approximate surface area is 745 Å². The molecule has 128 heavy (non-hydrogen) atoms. The van der Waals surface area contributed by atoms with E-state index in [4.69, 9.17) is 13.3 Å². The third kappa shape index (κ3) is 10.8. The van der Waals surface area contributed by atoms with E-state index in [0.29, 0.717) is 0 Å². The summed E-state index contributed by atoms with van der Waals surface area (Å²) in [4.78, 5) is 5.02. The molecular formula is C122H82N2O3S. The van der Waals surface area contributed by atoms with Gasteiger partial charge in [-0.1, -0.05) is 337 Å². The zero-order valence-corrected chi connectivity index (χ0v) is 72.0. The summed E-state index contributed by atoms with van der Waals surface area (Å²) in [6, 6.07) is 151. The molecule has 23 aromatic rings. The average molecular weight is 1660 g/mol. The van der Waals surface area contributed by atoms with Crippen molar-refractivity contribution < 1.29 is 13.3 Å². The summed E-state index contributed by atoms with van der Waals surface area (Å²) in [5, 5.41) is 8.96. The van der Waals surface area contributed by atoms with Crippen LogP contribution in [0.3, 0.4) is 0 Å². The van der Waals surface area contributed by atoms with Gasteiger partial charge in [0, 0.05) is 108 Å². The number of para-hydroxylation sites is 7. The van der Waals surface area contributed by atoms with Crippen molar-refractivity contribution in [3.8, 4) is 89.0 Å². The van der Waals surface area contributed by atoms with Gasteiger partial charge in [-0.15, -0.1) is 11.3 Å². The number of anilines is 6. The van der Waals surface area contributed by atoms with Crippen molar-refractivity contribution in [3.05, 3.63) is 457 Å². The van der Waals surface area contributed by atoms with Crippen LogP contribution in [0, 0.1) is 6.92 Å². The van der Waals surface area contributed by atoms with Crippen LogP contribution in [0.4, 0.5) is 34.1 Å². The van der Waals surface area contributed by atoms with Gasteiger partial charge in [0.25, 0.3) is 0 Å². The summed E-state index contributed by atoms with van der Waals surface area (Å²) in [5.74, 6) is 0. The average Bonchev–Trinajstić information content (AvgIpc) is 1.53. The molecule has 0 saturated heterocycles. The van der Waals surface area contributed by atoms with Crippen LogP contribution >= 0.6 is 11.3 Å². The highest BCUT2D eigenvalue weighted by Gasteiger charge is 2.48. The van der Waals surface area contributed by atoms with Crippen molar-refractivity contribution in [2.45, 2.75) is 50.9 Å². The van der Waals surface area contributed by atoms with E-state index in [1.807, 2.05) is 11.3 Å². The van der Waals surface area contributed by atoms with E-state index >= 15 is 0 Å². The fourth-order valence-corrected chi connectivity index (χ4v) is 23.7. The Balaban J connectivity index is 0.603. The van der Waals surface area contributed by atoms with Crippen LogP contribution < -0.4 is 9.80 Å². The molecule has 0 aliphatic heterocycles. The van der Waals surface area contributed by atoms with Gasteiger partial charge in [-0.2, -0.15) is 0 Å². The van der Waals surface area contributed by atoms with E-state index in [2.05, 4.69) is 451 Å². The molecule has 0 bridgehead atoms. The monoisotopic (exact) mass is 1650 g/mol. The molecule has 3 aliphatic carbocycles. The molecule has 604 valence electrons. The number of aryl methyl sites for hydroxylation is 1. The Kier molecular flexibility index (Phi) is 16.1. The lowest BCUT2D eigenvalue weighted by atomic mass is 9.67. The molecule has 6 heteroatoms. The van der Waals surface area contributed by atoms with Crippen LogP contribution in [0.25, 0.3) is 175 Å². The van der Waals surface area contributed by atoms with Crippen molar-refractivity contribution >= 4 is 131 Å². The number of hydrogen-bond donors (Lipinski definition) is 0. The minimum atomic E-state index is -0.732. The molecule has 19 aromatic carbocycles. The van der Waals surface area contributed by atoms with Gasteiger partial charge in [0.15, 0.2) is 0 Å². The molecule has 0 fully saturated rings. The van der Waals surface area contributed by atoms with E-state index in [-0.39, 0.29) is 10.8 Å². The first-order valence-corrected chi connectivity index (χ1v) is 45.2. The predicted octanol–water partition coefficient (Wildman–Crippen LogP) is 34.3. The van der Waals surface area contributed by atoms with Crippen molar-refractivity contribution in [2.75, 3.05) is 9.80 Å². The van der Waals surface area contributed by atoms with Crippen LogP contribution in [0.15, 0.2) is 420 Å². The van der Waals surface area contributed by atoms with Crippen molar-refractivity contribution in [1.82, 2.24) is 0 Å². The van der Waals surface area contributed by atoms with Crippen LogP contribution in [-0.4, -0.2) is 0 Å². The van der Waals surface area contributed by atoms with Gasteiger partial charge in [0.05, 0.1) is 22.5 Å². The predicted molar refractivity (Wildman–Crippen MR) is 535 cm³/mol. The lowest BCUT2D eigenvalue weighted by Crippen LogP contribution is -2.28. The number of furan rings is 3. The Bertz CT molecular complexity index is 8640. The maximum Gasteiger partial charge on any atom is 0.143 e. The van der Waals surface area contributed by atoms with E-state index in [1.54, 1.807) is 0 Å². The molecule has 1 unspecified atom stereocenters. The second-order valence-electron chi connectivity index (χ2n) is 36.0. The summed E-state index contributed by atoms with van der Waals surface area (Å²) >= 11 is 1.84. The molecule has 0 saturated carbocycles. The van der Waals surface area contributed by atoms with Gasteiger partial charge >= 0.3 is 0 Å². The number of hydrogen-bond acceptors (Lipinski definition) is 6. The minimum Gasteiger partial charge on any atom is -0.456 e. The highest BCUT2D eigenvalue weighted by molar-refractivity contribution is 7.25. The standard InChI is InChI=1S/C122H82N2O3S/c1-73-29-23-44-95-96-47-26-45-93(119(96)127-117(73)95)87-37-14-21-55-109(87)124(108-54-20-13-36-86(108)92-43-28-52-105-116(92)98-40-11-17-49-102(98)121(105,4)5)81-61-64-90-100-68-74(58-66-113(100)128-114(90)72-81)75-57-62-89-94-46-25-41-82(118(94)126-112(89)69-75)76-30-24-33-79(67-76)123(107-53-19-12-35-85(107)91-42-27-51-104-115(91)97-39-10-16-48-101(97)120(104,2)3)80-60-63-84-83-34-9-18-50-103(83)122(106(84)71-80,77-31-7-6-8-32-77)78-59-65-111-99(70-78)88-38-15-22-56-110(88)125-111/h6-72H,1-5H3. The van der Waals surface area contributed by atoms with E-state index in [9.17, 15) is 0 Å². The Hall–Kier alpha value is -15.6. The number of fused-ring (bicyclic) bond motifs is 21. The maximum absolute atomic E-state index is 7.35. The third-order valence-corrected chi connectivity index (χ3v) is 29.6. The summed E-state index contributed by atoms with van der Waals surface area (Å²) in [6.07, 6.45) is 0. The summed E-state index contributed by atoms with van der Waals surface area (Å²) < 4.78 is 23.3. The third-order valence-electron chi connectivity index (χ3n) is 28.5. The zero-order valence-electron chi connectivity index (χ0n) is 71.2. The van der Waals surface area contributed by atoms with E-state index in [1.165, 1.54) is 109 Å². The van der Waals surface area contributed by atoms with Gasteiger partial charge in [-0.25, -0.2) is 0 Å². The van der Waals surface area contributed by atoms with Crippen LogP contribution in [0.2, 0.25) is 0 Å². The molecule has 4 aromatic heterocycles. The van der Waals surface area contributed by atoms with Crippen molar-refractivity contribution in [1.29, 1.82) is 0 Å². The van der Waals surface area contributed by atoms with Crippen molar-refractivity contribution in [2.24, 2.45) is 0 Å². The smallest absolute Gasteiger partial charge is 0.143 e. The number of thiophene rings is 1. The van der Waals surface area contributed by atoms with Gasteiger partial charge in [-0.05, 0) is 215 Å². The molecule has 0 radical (unpaired) electrons. The van der Waals surface area contributed by atoms with Gasteiger partial charge in [0.2, 0.25) is 0 Å². The topological polar surface area (TPSA) is 45.9 Å². The molecule has 1 atom stereocenters. The van der Waals surface area contributed by atoms with Crippen LogP contribution in [-0.2, 0) is 16.2 Å². The molecule has 0 N–H and O–H groups in total. The number of nitrogens with zero attached hydrogens (tertiary/aromatic N) is 2. The SMILES string of the molecule is Cc1cccc2c1oc1c(-c3ccccc3N(c3ccc4c(c3)sc3ccc(-c5ccc6c(c5)oc5c(-c7cccc(N(c8ccc9c(c8)C(c8ccccc8)(c8ccc%10oc%11ccccc%11c%10c8)c8ccccc8-9)c8ccccc8-c8cccc9c8-c8ccccc8C9(C)C)c7)cccc56)cc34)c3ccccc3-c3cccc4c3-c3ccccc3C4(C)C)cccc12. The number of benzene rings is 19. The largest absolute Gasteiger partial charge is 0.456 e. The zero-order chi connectivity index (χ0) is 85.0. The Morgan fingerprint density at radius 3 is 1.43 bits per heavy atom. The summed E-state index contributed by atoms with van der Waals surface area (Å²) in [5.41, 5.74) is 40.3. The fraction of sp³-hybridized carbons (Fsp3) is 0.0656. The lowest BCUT2D eigenvalue weighted by Gasteiger charge is -2.35. The van der Waals surface area contributed by atoms with Gasteiger partial charge < -0.3 is 23.1 Å². The Morgan fingerprint density at radius 2 is 0.711 bits per heavy atom. The molecule has 3 aliphatic rings. The first-order valence-electron chi connectivity index (χ1n) is 44.4. The fourth-order valence-electron chi connectivity index (χ4n) is 22.6. The highest BCUT2D eigenvalue weighted by atomic mass is 32.1. The van der Waals surface area contributed by atoms with E-state index < -0.39 is 5.41 Å². The molecule has 0 amide bonds. The second kappa shape index (κ2) is 28.0. The maximum atomic E-state index is 7.35. The first kappa shape index (κ1) is 73.9. The summed E-state index contributed by atoms with van der Waals surface area (Å²) in [7, 11) is 0. The highest BCUT2D eigenvalue weighted by Crippen LogP contribution is 2.62. The van der Waals surface area contributed by atoms with E-state index in [0.717, 1.165) is 150 Å². The lowest BCUT2D eigenvalue weighted by molar-refractivity contribution is 0.660.